The lowest BCUT2D eigenvalue weighted by molar-refractivity contribution is -0.242. The molecule has 4 rings (SSSR count). The van der Waals surface area contributed by atoms with Crippen LogP contribution in [0.25, 0.3) is 10.8 Å². The van der Waals surface area contributed by atoms with Crippen LogP contribution in [0.2, 0.25) is 5.02 Å². The van der Waals surface area contributed by atoms with Gasteiger partial charge in [-0.1, -0.05) is 41.9 Å². The highest BCUT2D eigenvalue weighted by Gasteiger charge is 2.74. The zero-order chi connectivity index (χ0) is 32.6. The summed E-state index contributed by atoms with van der Waals surface area (Å²) in [6, 6.07) is 9.72. The molecule has 240 valence electrons. The van der Waals surface area contributed by atoms with E-state index in [0.29, 0.717) is 11.6 Å². The molecular weight excluding hydrogens is 641 g/mol. The Morgan fingerprint density at radius 2 is 1.84 bits per heavy atom. The fourth-order valence-electron chi connectivity index (χ4n) is 4.29. The van der Waals surface area contributed by atoms with E-state index in [0.717, 1.165) is 5.39 Å². The average Bonchev–Trinajstić information content (AvgIpc) is 3.14. The number of aromatic nitrogens is 2. The molecule has 1 aliphatic heterocycles. The number of hydrogen-bond donors (Lipinski definition) is 3. The van der Waals surface area contributed by atoms with Gasteiger partial charge >= 0.3 is 25.3 Å². The second kappa shape index (κ2) is 12.6. The van der Waals surface area contributed by atoms with Crippen LogP contribution < -0.4 is 20.9 Å². The Morgan fingerprint density at radius 1 is 1.18 bits per heavy atom. The van der Waals surface area contributed by atoms with E-state index in [4.69, 9.17) is 30.1 Å². The van der Waals surface area contributed by atoms with Gasteiger partial charge in [0.2, 0.25) is 5.60 Å². The number of aliphatic hydroxyl groups excluding tert-OH is 1. The maximum atomic E-state index is 15.5. The van der Waals surface area contributed by atoms with E-state index in [1.807, 2.05) is 0 Å². The molecule has 12 nitrogen and oxygen atoms in total. The summed E-state index contributed by atoms with van der Waals surface area (Å²) in [5.74, 6) is -5.97. The number of esters is 1. The zero-order valence-electron chi connectivity index (χ0n) is 23.2. The number of benzene rings is 2. The van der Waals surface area contributed by atoms with Gasteiger partial charge in [-0.05, 0) is 43.7 Å². The van der Waals surface area contributed by atoms with Crippen LogP contribution in [0.4, 0.5) is 17.6 Å². The van der Waals surface area contributed by atoms with Gasteiger partial charge in [0.1, 0.15) is 16.8 Å². The van der Waals surface area contributed by atoms with Gasteiger partial charge in [0.25, 0.3) is 12.0 Å². The molecule has 0 saturated carbocycles. The molecule has 0 spiro atoms. The number of rotatable bonds is 11. The smallest absolute Gasteiger partial charge is 0.459 e. The summed E-state index contributed by atoms with van der Waals surface area (Å²) >= 11 is 5.66. The molecule has 1 fully saturated rings. The number of ether oxygens (including phenoxy) is 2. The molecule has 5 atom stereocenters. The Kier molecular flexibility index (Phi) is 9.64. The number of fused-ring (bicyclic) bond motifs is 1. The van der Waals surface area contributed by atoms with Crippen LogP contribution in [0.15, 0.2) is 58.3 Å². The van der Waals surface area contributed by atoms with Crippen LogP contribution in [-0.4, -0.2) is 63.4 Å². The molecule has 3 aromatic rings. The summed E-state index contributed by atoms with van der Waals surface area (Å²) in [4.78, 5) is 38.0. The van der Waals surface area contributed by atoms with Crippen LogP contribution in [0, 0.1) is 0 Å². The average molecular weight is 668 g/mol. The van der Waals surface area contributed by atoms with Crippen LogP contribution in [0.3, 0.4) is 0 Å². The highest BCUT2D eigenvalue weighted by molar-refractivity contribution is 7.52. The van der Waals surface area contributed by atoms with Crippen LogP contribution in [0.5, 0.6) is 5.75 Å². The van der Waals surface area contributed by atoms with E-state index in [1.54, 1.807) is 35.3 Å². The number of H-pyrrole nitrogens is 1. The lowest BCUT2D eigenvalue weighted by atomic mass is 9.95. The molecule has 0 bridgehead atoms. The number of carbonyl (C=O) groups is 1. The Hall–Kier alpha value is -3.27. The Balaban J connectivity index is 1.70. The summed E-state index contributed by atoms with van der Waals surface area (Å²) < 4.78 is 94.7. The number of aliphatic hydroxyl groups is 1. The monoisotopic (exact) mass is 667 g/mol. The fourth-order valence-corrected chi connectivity index (χ4v) is 5.96. The van der Waals surface area contributed by atoms with Gasteiger partial charge in [0.05, 0.1) is 12.7 Å². The first-order valence-electron chi connectivity index (χ1n) is 12.9. The maximum Gasteiger partial charge on any atom is 0.459 e. The van der Waals surface area contributed by atoms with E-state index in [2.05, 4.69) is 5.09 Å². The number of carbonyl (C=O) groups excluding carboxylic acids is 1. The molecule has 1 saturated heterocycles. The highest BCUT2D eigenvalue weighted by atomic mass is 35.5. The standard InChI is InChI=1S/C26H27ClF4N3O9P/c1-13(2)41-22(37)14(3)33-44(39,43-17-9-8-15-6-4-5-7-16(15)10-17)40-12-25(23(28)29)26(30,31)19(35)21(42-25)34-11-18(27)20(36)32-24(34)38/h4-11,13-14,19,21,23,35H,12H2,1-3H3,(H,33,39)(H,32,36,38). The topological polar surface area (TPSA) is 158 Å². The predicted octanol–water partition coefficient (Wildman–Crippen LogP) is 4.01. The van der Waals surface area contributed by atoms with Crippen LogP contribution >= 0.6 is 19.3 Å². The molecule has 1 aromatic heterocycles. The molecule has 1 aliphatic rings. The van der Waals surface area contributed by atoms with Crippen molar-refractivity contribution in [2.24, 2.45) is 0 Å². The van der Waals surface area contributed by atoms with Gasteiger partial charge in [-0.3, -0.25) is 23.7 Å². The van der Waals surface area contributed by atoms with Crippen molar-refractivity contribution >= 4 is 36.1 Å². The second-order valence-corrected chi connectivity index (χ2v) is 12.2. The summed E-state index contributed by atoms with van der Waals surface area (Å²) in [6.07, 6.45) is -9.81. The molecule has 3 N–H and O–H groups in total. The molecule has 44 heavy (non-hydrogen) atoms. The van der Waals surface area contributed by atoms with E-state index >= 15 is 8.78 Å². The summed E-state index contributed by atoms with van der Waals surface area (Å²) in [5, 5.41) is 13.2. The lowest BCUT2D eigenvalue weighted by Crippen LogP contribution is -2.57. The molecule has 0 aliphatic carbocycles. The molecule has 2 aromatic carbocycles. The number of halogens is 5. The molecular formula is C26H27ClF4N3O9P. The van der Waals surface area contributed by atoms with Gasteiger partial charge in [0, 0.05) is 6.20 Å². The summed E-state index contributed by atoms with van der Waals surface area (Å²) in [5.41, 5.74) is -6.54. The van der Waals surface area contributed by atoms with E-state index < -0.39 is 79.0 Å². The van der Waals surface area contributed by atoms with Crippen molar-refractivity contribution in [3.63, 3.8) is 0 Å². The van der Waals surface area contributed by atoms with E-state index in [-0.39, 0.29) is 10.3 Å². The molecule has 2 heterocycles. The van der Waals surface area contributed by atoms with Gasteiger partial charge < -0.3 is 19.1 Å². The molecule has 18 heteroatoms. The van der Waals surface area contributed by atoms with Crippen LogP contribution in [0.1, 0.15) is 27.0 Å². The normalized spacial score (nSPS) is 23.5. The van der Waals surface area contributed by atoms with Gasteiger partial charge in [-0.25, -0.2) is 18.1 Å². The number of nitrogens with one attached hydrogen (secondary N) is 2. The first-order valence-corrected chi connectivity index (χ1v) is 14.9. The predicted molar refractivity (Wildman–Crippen MR) is 148 cm³/mol. The zero-order valence-corrected chi connectivity index (χ0v) is 24.9. The third kappa shape index (κ3) is 6.55. The Morgan fingerprint density at radius 3 is 2.48 bits per heavy atom. The third-order valence-electron chi connectivity index (χ3n) is 6.54. The third-order valence-corrected chi connectivity index (χ3v) is 8.43. The van der Waals surface area contributed by atoms with Crippen molar-refractivity contribution in [3.05, 3.63) is 74.5 Å². The number of hydrogen-bond acceptors (Lipinski definition) is 9. The summed E-state index contributed by atoms with van der Waals surface area (Å²) in [7, 11) is -5.02. The first kappa shape index (κ1) is 33.6. The Bertz CT molecular complexity index is 1700. The fraction of sp³-hybridized carbons (Fsp3) is 0.423. The van der Waals surface area contributed by atoms with Crippen molar-refractivity contribution in [2.75, 3.05) is 6.61 Å². The van der Waals surface area contributed by atoms with Crippen molar-refractivity contribution in [2.45, 2.75) is 63.2 Å². The van der Waals surface area contributed by atoms with E-state index in [1.165, 1.54) is 32.9 Å². The number of nitrogens with zero attached hydrogens (tertiary/aromatic N) is 1. The first-order chi connectivity index (χ1) is 20.5. The van der Waals surface area contributed by atoms with Crippen molar-refractivity contribution in [1.82, 2.24) is 14.6 Å². The summed E-state index contributed by atoms with van der Waals surface area (Å²) in [6.45, 7) is 2.35. The van der Waals surface area contributed by atoms with Crippen LogP contribution in [-0.2, 0) is 23.4 Å². The lowest BCUT2D eigenvalue weighted by Gasteiger charge is -2.34. The second-order valence-electron chi connectivity index (χ2n) is 10.1. The Labute approximate surface area is 251 Å². The number of alkyl halides is 4. The van der Waals surface area contributed by atoms with Crippen molar-refractivity contribution < 1.29 is 50.5 Å². The van der Waals surface area contributed by atoms with Crippen molar-refractivity contribution in [3.8, 4) is 5.75 Å². The molecule has 5 unspecified atom stereocenters. The highest BCUT2D eigenvalue weighted by Crippen LogP contribution is 2.54. The van der Waals surface area contributed by atoms with Gasteiger partial charge in [0.15, 0.2) is 12.3 Å². The molecule has 0 amide bonds. The minimum atomic E-state index is -5.02. The quantitative estimate of drug-likeness (QED) is 0.155. The van der Waals surface area contributed by atoms with E-state index in [9.17, 15) is 32.8 Å². The minimum Gasteiger partial charge on any atom is -0.462 e. The van der Waals surface area contributed by atoms with Crippen molar-refractivity contribution in [1.29, 1.82) is 0 Å². The van der Waals surface area contributed by atoms with Gasteiger partial charge in [-0.2, -0.15) is 13.9 Å². The molecule has 0 radical (unpaired) electrons. The van der Waals surface area contributed by atoms with Gasteiger partial charge in [-0.15, -0.1) is 0 Å². The minimum absolute atomic E-state index is 0.151. The largest absolute Gasteiger partial charge is 0.462 e. The number of aromatic amines is 1. The maximum absolute atomic E-state index is 15.5. The SMILES string of the molecule is CC(C)OC(=O)C(C)NP(=O)(OCC1(C(F)F)OC(n2cc(Cl)c(=O)[nH]c2=O)C(O)C1(F)F)Oc1ccc2ccccc2c1.